The van der Waals surface area contributed by atoms with Crippen molar-refractivity contribution in [1.29, 1.82) is 0 Å². The van der Waals surface area contributed by atoms with E-state index in [0.717, 1.165) is 12.1 Å². The molecular weight excluding hydrogens is 264 g/mol. The van der Waals surface area contributed by atoms with Gasteiger partial charge in [0.2, 0.25) is 0 Å². The third-order valence-corrected chi connectivity index (χ3v) is 3.11. The summed E-state index contributed by atoms with van der Waals surface area (Å²) in [4.78, 5) is 12.1. The molecule has 3 N–H and O–H groups in total. The molecule has 2 aromatic rings. The van der Waals surface area contributed by atoms with E-state index >= 15 is 0 Å². The van der Waals surface area contributed by atoms with Gasteiger partial charge in [-0.1, -0.05) is 18.5 Å². The first-order valence-electron chi connectivity index (χ1n) is 5.90. The van der Waals surface area contributed by atoms with E-state index in [1.165, 1.54) is 0 Å². The Balaban J connectivity index is 2.20. The molecule has 1 aromatic carbocycles. The maximum absolute atomic E-state index is 12.1. The summed E-state index contributed by atoms with van der Waals surface area (Å²) in [5.74, 6) is -0.226. The number of amides is 1. The van der Waals surface area contributed by atoms with Gasteiger partial charge in [-0.3, -0.25) is 9.48 Å². The highest BCUT2D eigenvalue weighted by Crippen LogP contribution is 2.23. The minimum atomic E-state index is -0.226. The molecule has 0 unspecified atom stereocenters. The number of halogens is 1. The number of nitrogens with one attached hydrogen (secondary N) is 1. The van der Waals surface area contributed by atoms with E-state index in [1.807, 2.05) is 6.92 Å². The first-order chi connectivity index (χ1) is 9.01. The van der Waals surface area contributed by atoms with E-state index in [-0.39, 0.29) is 5.91 Å². The second kappa shape index (κ2) is 5.32. The van der Waals surface area contributed by atoms with Gasteiger partial charge >= 0.3 is 0 Å². The first-order valence-corrected chi connectivity index (χ1v) is 6.28. The van der Waals surface area contributed by atoms with E-state index in [2.05, 4.69) is 10.4 Å². The fourth-order valence-corrected chi connectivity index (χ4v) is 1.89. The summed E-state index contributed by atoms with van der Waals surface area (Å²) >= 11 is 5.91. The number of anilines is 2. The maximum Gasteiger partial charge on any atom is 0.273 e. The average molecular weight is 279 g/mol. The van der Waals surface area contributed by atoms with Crippen LogP contribution in [0.2, 0.25) is 5.02 Å². The van der Waals surface area contributed by atoms with E-state index in [0.29, 0.717) is 22.1 Å². The highest BCUT2D eigenvalue weighted by molar-refractivity contribution is 6.33. The molecule has 0 aliphatic carbocycles. The van der Waals surface area contributed by atoms with Gasteiger partial charge in [0.25, 0.3) is 5.91 Å². The molecule has 5 nitrogen and oxygen atoms in total. The molecule has 0 aliphatic rings. The van der Waals surface area contributed by atoms with Crippen molar-refractivity contribution in [2.75, 3.05) is 11.1 Å². The van der Waals surface area contributed by atoms with Gasteiger partial charge in [0.05, 0.1) is 16.4 Å². The van der Waals surface area contributed by atoms with Crippen molar-refractivity contribution in [3.05, 3.63) is 40.7 Å². The number of nitrogen functional groups attached to an aromatic ring is 1. The Bertz CT molecular complexity index is 621. The standard InChI is InChI=1S/C13H15ClN4O/c1-3-8-7-12(18(2)17-8)13(19)16-9-4-5-11(15)10(14)6-9/h4-7H,3,15H2,1-2H3,(H,16,19). The van der Waals surface area contributed by atoms with Crippen LogP contribution in [-0.2, 0) is 13.5 Å². The number of rotatable bonds is 3. The molecule has 0 saturated carbocycles. The van der Waals surface area contributed by atoms with Crippen molar-refractivity contribution < 1.29 is 4.79 Å². The fourth-order valence-electron chi connectivity index (χ4n) is 1.71. The topological polar surface area (TPSA) is 72.9 Å². The van der Waals surface area contributed by atoms with Gasteiger partial charge in [0.1, 0.15) is 5.69 Å². The molecule has 1 aromatic heterocycles. The predicted octanol–water partition coefficient (Wildman–Crippen LogP) is 2.47. The van der Waals surface area contributed by atoms with E-state index < -0.39 is 0 Å². The summed E-state index contributed by atoms with van der Waals surface area (Å²) in [6.07, 6.45) is 0.787. The lowest BCUT2D eigenvalue weighted by molar-refractivity contribution is 0.101. The van der Waals surface area contributed by atoms with Gasteiger partial charge in [-0.05, 0) is 30.7 Å². The van der Waals surface area contributed by atoms with E-state index in [1.54, 1.807) is 36.0 Å². The molecule has 0 bridgehead atoms. The summed E-state index contributed by atoms with van der Waals surface area (Å²) < 4.78 is 1.56. The summed E-state index contributed by atoms with van der Waals surface area (Å²) in [6.45, 7) is 1.99. The average Bonchev–Trinajstić information content (AvgIpc) is 2.75. The molecule has 2 rings (SSSR count). The largest absolute Gasteiger partial charge is 0.398 e. The van der Waals surface area contributed by atoms with Crippen molar-refractivity contribution in [2.45, 2.75) is 13.3 Å². The number of carbonyl (C=O) groups excluding carboxylic acids is 1. The molecule has 0 fully saturated rings. The van der Waals surface area contributed by atoms with Crippen molar-refractivity contribution in [3.63, 3.8) is 0 Å². The highest BCUT2D eigenvalue weighted by atomic mass is 35.5. The van der Waals surface area contributed by atoms with Gasteiger partial charge in [0.15, 0.2) is 0 Å². The second-order valence-corrected chi connectivity index (χ2v) is 4.60. The zero-order chi connectivity index (χ0) is 14.0. The molecule has 0 radical (unpaired) electrons. The maximum atomic E-state index is 12.1. The smallest absolute Gasteiger partial charge is 0.273 e. The predicted molar refractivity (Wildman–Crippen MR) is 76.4 cm³/mol. The van der Waals surface area contributed by atoms with Gasteiger partial charge in [-0.25, -0.2) is 0 Å². The number of carbonyl (C=O) groups is 1. The van der Waals surface area contributed by atoms with E-state index in [9.17, 15) is 4.79 Å². The Labute approximate surface area is 116 Å². The van der Waals surface area contributed by atoms with Crippen LogP contribution in [0.25, 0.3) is 0 Å². The zero-order valence-corrected chi connectivity index (χ0v) is 11.5. The molecular formula is C13H15ClN4O. The van der Waals surface area contributed by atoms with Crippen LogP contribution in [0.5, 0.6) is 0 Å². The lowest BCUT2D eigenvalue weighted by atomic mass is 10.2. The highest BCUT2D eigenvalue weighted by Gasteiger charge is 2.13. The number of aromatic nitrogens is 2. The van der Waals surface area contributed by atoms with Crippen molar-refractivity contribution >= 4 is 28.9 Å². The van der Waals surface area contributed by atoms with Crippen molar-refractivity contribution in [3.8, 4) is 0 Å². The first kappa shape index (κ1) is 13.4. The monoisotopic (exact) mass is 278 g/mol. The quantitative estimate of drug-likeness (QED) is 0.847. The van der Waals surface area contributed by atoms with Crippen molar-refractivity contribution in [2.24, 2.45) is 7.05 Å². The Morgan fingerprint density at radius 3 is 2.79 bits per heavy atom. The molecule has 6 heteroatoms. The minimum absolute atomic E-state index is 0.226. The van der Waals surface area contributed by atoms with Crippen LogP contribution < -0.4 is 11.1 Å². The lowest BCUT2D eigenvalue weighted by Crippen LogP contribution is -2.16. The molecule has 1 amide bonds. The number of nitrogens with zero attached hydrogens (tertiary/aromatic N) is 2. The van der Waals surface area contributed by atoms with Crippen LogP contribution in [0.15, 0.2) is 24.3 Å². The summed E-state index contributed by atoms with van der Waals surface area (Å²) in [6, 6.07) is 6.75. The van der Waals surface area contributed by atoms with Crippen LogP contribution in [0, 0.1) is 0 Å². The third-order valence-electron chi connectivity index (χ3n) is 2.78. The van der Waals surface area contributed by atoms with Crippen LogP contribution in [0.4, 0.5) is 11.4 Å². The summed E-state index contributed by atoms with van der Waals surface area (Å²) in [7, 11) is 1.74. The molecule has 100 valence electrons. The molecule has 19 heavy (non-hydrogen) atoms. The molecule has 0 aliphatic heterocycles. The summed E-state index contributed by atoms with van der Waals surface area (Å²) in [5.41, 5.74) is 8.08. The Morgan fingerprint density at radius 1 is 1.47 bits per heavy atom. The molecule has 1 heterocycles. The molecule has 0 saturated heterocycles. The van der Waals surface area contributed by atoms with Gasteiger partial charge < -0.3 is 11.1 Å². The van der Waals surface area contributed by atoms with Crippen LogP contribution in [0.1, 0.15) is 23.1 Å². The second-order valence-electron chi connectivity index (χ2n) is 4.19. The van der Waals surface area contributed by atoms with Gasteiger partial charge in [0, 0.05) is 12.7 Å². The lowest BCUT2D eigenvalue weighted by Gasteiger charge is -2.06. The Morgan fingerprint density at radius 2 is 2.21 bits per heavy atom. The zero-order valence-electron chi connectivity index (χ0n) is 10.8. The fraction of sp³-hybridized carbons (Fsp3) is 0.231. The van der Waals surface area contributed by atoms with Crippen LogP contribution in [0.3, 0.4) is 0 Å². The Hall–Kier alpha value is -2.01. The summed E-state index contributed by atoms with van der Waals surface area (Å²) in [5, 5.41) is 7.41. The van der Waals surface area contributed by atoms with Gasteiger partial charge in [-0.2, -0.15) is 5.10 Å². The van der Waals surface area contributed by atoms with E-state index in [4.69, 9.17) is 17.3 Å². The number of hydrogen-bond acceptors (Lipinski definition) is 3. The Kier molecular flexibility index (Phi) is 3.76. The molecule has 0 spiro atoms. The van der Waals surface area contributed by atoms with Gasteiger partial charge in [-0.15, -0.1) is 0 Å². The number of benzene rings is 1. The number of aryl methyl sites for hydroxylation is 2. The van der Waals surface area contributed by atoms with Crippen molar-refractivity contribution in [1.82, 2.24) is 9.78 Å². The number of hydrogen-bond donors (Lipinski definition) is 2. The normalized spacial score (nSPS) is 10.5. The SMILES string of the molecule is CCc1cc(C(=O)Nc2ccc(N)c(Cl)c2)n(C)n1. The molecule has 0 atom stereocenters. The minimum Gasteiger partial charge on any atom is -0.398 e. The number of nitrogens with two attached hydrogens (primary N) is 1. The van der Waals surface area contributed by atoms with Crippen LogP contribution >= 0.6 is 11.6 Å². The third kappa shape index (κ3) is 2.88. The van der Waals surface area contributed by atoms with Crippen LogP contribution in [-0.4, -0.2) is 15.7 Å².